The molecular formula is C25H28F2N2OS. The summed E-state index contributed by atoms with van der Waals surface area (Å²) in [4.78, 5) is 3.89. The van der Waals surface area contributed by atoms with Gasteiger partial charge in [-0.3, -0.25) is 0 Å². The van der Waals surface area contributed by atoms with E-state index >= 15 is 0 Å². The Hall–Kier alpha value is -2.78. The number of aryl methyl sites for hydroxylation is 3. The van der Waals surface area contributed by atoms with Crippen LogP contribution in [0.1, 0.15) is 61.0 Å². The van der Waals surface area contributed by atoms with Crippen molar-refractivity contribution in [3.63, 3.8) is 0 Å². The molecule has 0 fully saturated rings. The van der Waals surface area contributed by atoms with Crippen LogP contribution in [0.2, 0.25) is 0 Å². The zero-order valence-corrected chi connectivity index (χ0v) is 19.2. The fraction of sp³-hybridized carbons (Fsp3) is 0.360. The highest BCUT2D eigenvalue weighted by Crippen LogP contribution is 2.30. The molecule has 3 aromatic rings. The van der Waals surface area contributed by atoms with Gasteiger partial charge in [0.2, 0.25) is 0 Å². The van der Waals surface area contributed by atoms with Crippen LogP contribution in [0, 0.1) is 18.3 Å². The number of rotatable bonds is 7. The van der Waals surface area contributed by atoms with Crippen molar-refractivity contribution in [2.24, 2.45) is 0 Å². The number of aromatic nitrogens is 1. The highest BCUT2D eigenvalue weighted by molar-refractivity contribution is 7.10. The Kier molecular flexibility index (Phi) is 9.14. The van der Waals surface area contributed by atoms with E-state index < -0.39 is 5.92 Å². The van der Waals surface area contributed by atoms with E-state index in [9.17, 15) is 8.78 Å². The van der Waals surface area contributed by atoms with Gasteiger partial charge in [0.15, 0.2) is 5.01 Å². The molecule has 3 nitrogen and oxygen atoms in total. The normalized spacial score (nSPS) is 10.7. The van der Waals surface area contributed by atoms with E-state index in [2.05, 4.69) is 24.9 Å². The van der Waals surface area contributed by atoms with Gasteiger partial charge in [-0.05, 0) is 73.7 Å². The highest BCUT2D eigenvalue weighted by Gasteiger charge is 2.23. The van der Waals surface area contributed by atoms with Crippen LogP contribution in [-0.4, -0.2) is 4.98 Å². The first-order valence-corrected chi connectivity index (χ1v) is 11.2. The number of hydrogen-bond acceptors (Lipinski definition) is 4. The first-order chi connectivity index (χ1) is 14.8. The smallest absolute Gasteiger partial charge is 0.270 e. The van der Waals surface area contributed by atoms with Gasteiger partial charge in [0.1, 0.15) is 17.6 Å². The lowest BCUT2D eigenvalue weighted by atomic mass is 10.00. The molecule has 164 valence electrons. The van der Waals surface area contributed by atoms with Gasteiger partial charge in [0.05, 0.1) is 0 Å². The largest absolute Gasteiger partial charge is 0.457 e. The molecule has 0 aliphatic rings. The number of alkyl halides is 2. The second-order valence-corrected chi connectivity index (χ2v) is 8.17. The summed E-state index contributed by atoms with van der Waals surface area (Å²) in [5, 5.41) is 10.7. The van der Waals surface area contributed by atoms with Crippen LogP contribution in [0.25, 0.3) is 0 Å². The van der Waals surface area contributed by atoms with Crippen molar-refractivity contribution in [1.82, 2.24) is 4.98 Å². The molecule has 0 aliphatic carbocycles. The second kappa shape index (κ2) is 11.6. The third-order valence-electron chi connectivity index (χ3n) is 4.67. The summed E-state index contributed by atoms with van der Waals surface area (Å²) in [6.07, 6.45) is 4.40. The average Bonchev–Trinajstić information content (AvgIpc) is 3.18. The zero-order chi connectivity index (χ0) is 22.9. The summed E-state index contributed by atoms with van der Waals surface area (Å²) in [7, 11) is 0. The maximum atomic E-state index is 13.2. The number of nitriles is 1. The summed E-state index contributed by atoms with van der Waals surface area (Å²) in [5.74, 6) is -1.51. The Labute approximate surface area is 187 Å². The van der Waals surface area contributed by atoms with E-state index in [-0.39, 0.29) is 5.56 Å². The Balaban J connectivity index is 0.000000357. The monoisotopic (exact) mass is 442 g/mol. The van der Waals surface area contributed by atoms with Crippen molar-refractivity contribution >= 4 is 11.3 Å². The average molecular weight is 443 g/mol. The van der Waals surface area contributed by atoms with E-state index in [1.54, 1.807) is 12.1 Å². The number of benzene rings is 2. The summed E-state index contributed by atoms with van der Waals surface area (Å²) in [6.45, 7) is 7.09. The lowest BCUT2D eigenvalue weighted by molar-refractivity contribution is 0.0174. The minimum Gasteiger partial charge on any atom is -0.457 e. The summed E-state index contributed by atoms with van der Waals surface area (Å²) < 4.78 is 32.2. The third kappa shape index (κ3) is 7.76. The molecule has 0 atom stereocenters. The number of unbranched alkanes of at least 4 members (excludes halogenated alkanes) is 1. The molecule has 1 heterocycles. The Morgan fingerprint density at radius 1 is 1.06 bits per heavy atom. The predicted octanol–water partition coefficient (Wildman–Crippen LogP) is 7.82. The van der Waals surface area contributed by atoms with E-state index in [0.717, 1.165) is 31.2 Å². The van der Waals surface area contributed by atoms with Crippen molar-refractivity contribution < 1.29 is 13.5 Å². The molecule has 3 rings (SSSR count). The molecule has 0 aliphatic heterocycles. The van der Waals surface area contributed by atoms with Gasteiger partial charge in [-0.2, -0.15) is 5.26 Å². The summed E-state index contributed by atoms with van der Waals surface area (Å²) in [5.41, 5.74) is 3.57. The SMILES string of the molecule is CCCCc1ccc(Oc2ccc(C(C)(F)F)cc2)cc1CC.Cc1csc(C#N)n1. The van der Waals surface area contributed by atoms with Crippen LogP contribution in [0.4, 0.5) is 8.78 Å². The predicted molar refractivity (Wildman–Crippen MR) is 122 cm³/mol. The molecule has 6 heteroatoms. The second-order valence-electron chi connectivity index (χ2n) is 7.31. The lowest BCUT2D eigenvalue weighted by Crippen LogP contribution is -2.06. The topological polar surface area (TPSA) is 45.9 Å². The van der Waals surface area contributed by atoms with Crippen LogP contribution < -0.4 is 4.74 Å². The maximum Gasteiger partial charge on any atom is 0.270 e. The number of ether oxygens (including phenoxy) is 1. The van der Waals surface area contributed by atoms with E-state index in [4.69, 9.17) is 10.00 Å². The minimum atomic E-state index is -2.82. The molecule has 0 saturated heterocycles. The zero-order valence-electron chi connectivity index (χ0n) is 18.4. The Morgan fingerprint density at radius 3 is 2.23 bits per heavy atom. The van der Waals surface area contributed by atoms with Gasteiger partial charge < -0.3 is 4.74 Å². The van der Waals surface area contributed by atoms with Crippen LogP contribution in [0.3, 0.4) is 0 Å². The molecule has 0 amide bonds. The van der Waals surface area contributed by atoms with Crippen LogP contribution in [-0.2, 0) is 18.8 Å². The van der Waals surface area contributed by atoms with Crippen LogP contribution in [0.15, 0.2) is 47.8 Å². The van der Waals surface area contributed by atoms with E-state index in [1.165, 1.54) is 47.4 Å². The Bertz CT molecular complexity index is 1000. The molecule has 0 bridgehead atoms. The van der Waals surface area contributed by atoms with Gasteiger partial charge in [-0.15, -0.1) is 11.3 Å². The molecule has 1 aromatic heterocycles. The van der Waals surface area contributed by atoms with Crippen molar-refractivity contribution in [2.75, 3.05) is 0 Å². The van der Waals surface area contributed by atoms with Gasteiger partial charge in [-0.25, -0.2) is 13.8 Å². The first kappa shape index (κ1) is 24.5. The molecule has 2 aromatic carbocycles. The fourth-order valence-corrected chi connectivity index (χ4v) is 3.55. The van der Waals surface area contributed by atoms with Gasteiger partial charge >= 0.3 is 0 Å². The summed E-state index contributed by atoms with van der Waals surface area (Å²) in [6, 6.07) is 14.1. The molecule has 0 spiro atoms. The molecule has 31 heavy (non-hydrogen) atoms. The molecule has 0 saturated carbocycles. The molecule has 0 unspecified atom stereocenters. The van der Waals surface area contributed by atoms with Gasteiger partial charge in [0, 0.05) is 23.6 Å². The summed E-state index contributed by atoms with van der Waals surface area (Å²) >= 11 is 1.38. The fourth-order valence-electron chi connectivity index (χ4n) is 2.96. The van der Waals surface area contributed by atoms with Crippen LogP contribution >= 0.6 is 11.3 Å². The molecule has 0 radical (unpaired) electrons. The quantitative estimate of drug-likeness (QED) is 0.375. The van der Waals surface area contributed by atoms with Crippen molar-refractivity contribution in [2.45, 2.75) is 59.3 Å². The maximum absolute atomic E-state index is 13.2. The van der Waals surface area contributed by atoms with Gasteiger partial charge in [0.25, 0.3) is 5.92 Å². The Morgan fingerprint density at radius 2 is 1.74 bits per heavy atom. The standard InChI is InChI=1S/C20H24F2O.C5H4N2S/c1-4-6-7-16-8-11-19(14-15(16)5-2)23-18-12-9-17(10-13-18)20(3,21)22;1-4-3-8-5(2-6)7-4/h8-14H,4-7H2,1-3H3;3H,1H3. The van der Waals surface area contributed by atoms with Crippen LogP contribution in [0.5, 0.6) is 11.5 Å². The number of halogens is 2. The van der Waals surface area contributed by atoms with E-state index in [1.807, 2.05) is 30.5 Å². The van der Waals surface area contributed by atoms with Crippen molar-refractivity contribution in [3.8, 4) is 17.6 Å². The first-order valence-electron chi connectivity index (χ1n) is 10.4. The molecular weight excluding hydrogens is 414 g/mol. The third-order valence-corrected chi connectivity index (χ3v) is 5.53. The lowest BCUT2D eigenvalue weighted by Gasteiger charge is -2.13. The minimum absolute atomic E-state index is 0.00555. The number of thiazole rings is 1. The van der Waals surface area contributed by atoms with Crippen molar-refractivity contribution in [3.05, 3.63) is 75.2 Å². The molecule has 0 N–H and O–H groups in total. The number of hydrogen-bond donors (Lipinski definition) is 0. The number of nitrogens with zero attached hydrogens (tertiary/aromatic N) is 2. The highest BCUT2D eigenvalue weighted by atomic mass is 32.1. The van der Waals surface area contributed by atoms with Gasteiger partial charge in [-0.1, -0.05) is 26.3 Å². The van der Waals surface area contributed by atoms with E-state index in [0.29, 0.717) is 10.8 Å². The van der Waals surface area contributed by atoms with Crippen molar-refractivity contribution in [1.29, 1.82) is 5.26 Å².